The largest absolute Gasteiger partial charge is 0.446 e. The lowest BCUT2D eigenvalue weighted by Crippen LogP contribution is -2.14. The molecule has 0 atom stereocenters. The predicted molar refractivity (Wildman–Crippen MR) is 145 cm³/mol. The molecule has 0 unspecified atom stereocenters. The van der Waals surface area contributed by atoms with Crippen molar-refractivity contribution in [1.82, 2.24) is 9.97 Å². The summed E-state index contributed by atoms with van der Waals surface area (Å²) >= 11 is 6.34. The Hall–Kier alpha value is -4.44. The molecule has 0 saturated carbocycles. The van der Waals surface area contributed by atoms with Gasteiger partial charge in [0.15, 0.2) is 5.82 Å². The lowest BCUT2D eigenvalue weighted by molar-refractivity contribution is -0.156. The third-order valence-corrected chi connectivity index (χ3v) is 5.92. The summed E-state index contributed by atoms with van der Waals surface area (Å²) in [5.74, 6) is 0.834. The highest BCUT2D eigenvalue weighted by molar-refractivity contribution is 6.32. The predicted octanol–water partition coefficient (Wildman–Crippen LogP) is 7.02. The second kappa shape index (κ2) is 12.0. The van der Waals surface area contributed by atoms with E-state index in [2.05, 4.69) is 38.1 Å². The van der Waals surface area contributed by atoms with Gasteiger partial charge in [0.25, 0.3) is 5.91 Å². The summed E-state index contributed by atoms with van der Waals surface area (Å²) in [4.78, 5) is 30.4. The number of hydrogen-bond donors (Lipinski definition) is 3. The molecular weight excluding hydrogens is 531 g/mol. The molecule has 6 bridgehead atoms. The molecule has 7 nitrogen and oxygen atoms in total. The molecule has 0 radical (unpaired) electrons. The molecule has 0 fully saturated rings. The minimum Gasteiger partial charge on any atom is -0.339 e. The van der Waals surface area contributed by atoms with E-state index in [1.165, 1.54) is 5.56 Å². The molecule has 0 spiro atoms. The summed E-state index contributed by atoms with van der Waals surface area (Å²) in [7, 11) is 0. The molecular formula is C28H23ClF3N5O2. The molecule has 11 heteroatoms. The molecule has 0 saturated heterocycles. The number of carbonyl (C=O) groups is 2. The van der Waals surface area contributed by atoms with Gasteiger partial charge in [-0.15, -0.1) is 0 Å². The number of amides is 1. The Balaban J connectivity index is 0.000000531. The summed E-state index contributed by atoms with van der Waals surface area (Å²) in [6, 6.07) is 21.6. The molecule has 39 heavy (non-hydrogen) atoms. The van der Waals surface area contributed by atoms with Crippen LogP contribution in [0.25, 0.3) is 0 Å². The minimum atomic E-state index is -4.64. The fourth-order valence-corrected chi connectivity index (χ4v) is 3.98. The highest BCUT2D eigenvalue weighted by Gasteiger charge is 2.25. The monoisotopic (exact) mass is 553 g/mol. The van der Waals surface area contributed by atoms with E-state index in [-0.39, 0.29) is 5.91 Å². The van der Waals surface area contributed by atoms with E-state index in [0.29, 0.717) is 22.4 Å². The molecule has 3 N–H and O–H groups in total. The van der Waals surface area contributed by atoms with E-state index in [4.69, 9.17) is 16.4 Å². The van der Waals surface area contributed by atoms with Crippen LogP contribution in [0.1, 0.15) is 27.0 Å². The van der Waals surface area contributed by atoms with E-state index in [1.807, 2.05) is 61.5 Å². The summed E-state index contributed by atoms with van der Waals surface area (Å²) in [6.07, 6.45) is -2.57. The van der Waals surface area contributed by atoms with Gasteiger partial charge >= 0.3 is 6.18 Å². The van der Waals surface area contributed by atoms with Crippen molar-refractivity contribution in [1.29, 1.82) is 0 Å². The van der Waals surface area contributed by atoms with Crippen molar-refractivity contribution >= 4 is 52.6 Å². The SMILES string of the molecule is Cc1cccc(C(=O)Nc2ccc3cc2CCc2cccc(c2)Nc2ncc(Cl)c(n2)N3)c1.O=CC(F)(F)F. The van der Waals surface area contributed by atoms with Crippen LogP contribution in [0.15, 0.2) is 72.9 Å². The number of anilines is 5. The maximum atomic E-state index is 12.9. The Morgan fingerprint density at radius 2 is 1.74 bits per heavy atom. The summed E-state index contributed by atoms with van der Waals surface area (Å²) in [5.41, 5.74) is 6.38. The van der Waals surface area contributed by atoms with Gasteiger partial charge in [-0.1, -0.05) is 41.4 Å². The Labute approximate surface area is 227 Å². The second-order valence-electron chi connectivity index (χ2n) is 8.70. The van der Waals surface area contributed by atoms with Crippen LogP contribution in [-0.4, -0.2) is 28.3 Å². The van der Waals surface area contributed by atoms with Crippen molar-refractivity contribution in [3.63, 3.8) is 0 Å². The lowest BCUT2D eigenvalue weighted by atomic mass is 10.0. The fourth-order valence-electron chi connectivity index (χ4n) is 3.85. The first-order chi connectivity index (χ1) is 18.6. The molecule has 5 rings (SSSR count). The Kier molecular flexibility index (Phi) is 8.46. The van der Waals surface area contributed by atoms with Crippen molar-refractivity contribution < 1.29 is 22.8 Å². The number of halogens is 4. The Bertz CT molecular complexity index is 1510. The summed E-state index contributed by atoms with van der Waals surface area (Å²) in [6.45, 7) is 1.97. The average Bonchev–Trinajstić information content (AvgIpc) is 2.91. The van der Waals surface area contributed by atoms with Gasteiger partial charge in [0.05, 0.1) is 6.20 Å². The molecule has 1 aromatic heterocycles. The number of fused-ring (bicyclic) bond motifs is 6. The number of alkyl halides is 3. The number of nitrogens with zero attached hydrogens (tertiary/aromatic N) is 2. The number of nitrogens with one attached hydrogen (secondary N) is 3. The van der Waals surface area contributed by atoms with E-state index in [1.54, 1.807) is 6.20 Å². The molecule has 2 heterocycles. The number of aldehydes is 1. The van der Waals surface area contributed by atoms with Gasteiger partial charge in [-0.05, 0) is 73.4 Å². The maximum Gasteiger partial charge on any atom is 0.446 e. The minimum absolute atomic E-state index is 0.131. The van der Waals surface area contributed by atoms with Gasteiger partial charge in [-0.3, -0.25) is 9.59 Å². The van der Waals surface area contributed by atoms with Crippen LogP contribution in [-0.2, 0) is 17.6 Å². The smallest absolute Gasteiger partial charge is 0.339 e. The average molecular weight is 554 g/mol. The second-order valence-corrected chi connectivity index (χ2v) is 9.10. The van der Waals surface area contributed by atoms with E-state index >= 15 is 0 Å². The molecule has 0 aliphatic carbocycles. The number of aromatic nitrogens is 2. The number of aryl methyl sites for hydroxylation is 3. The molecule has 200 valence electrons. The summed E-state index contributed by atoms with van der Waals surface area (Å²) < 4.78 is 31.2. The van der Waals surface area contributed by atoms with Gasteiger partial charge in [0, 0.05) is 22.6 Å². The van der Waals surface area contributed by atoms with Crippen molar-refractivity contribution in [3.8, 4) is 0 Å². The van der Waals surface area contributed by atoms with Crippen LogP contribution < -0.4 is 16.0 Å². The van der Waals surface area contributed by atoms with Crippen LogP contribution >= 0.6 is 11.6 Å². The van der Waals surface area contributed by atoms with Crippen molar-refractivity contribution in [2.45, 2.75) is 25.9 Å². The van der Waals surface area contributed by atoms with Crippen LogP contribution in [0.3, 0.4) is 0 Å². The van der Waals surface area contributed by atoms with Crippen LogP contribution in [0.2, 0.25) is 5.02 Å². The Morgan fingerprint density at radius 1 is 1.00 bits per heavy atom. The Morgan fingerprint density at radius 3 is 2.49 bits per heavy atom. The number of carbonyl (C=O) groups excluding carboxylic acids is 2. The quantitative estimate of drug-likeness (QED) is 0.231. The highest BCUT2D eigenvalue weighted by Crippen LogP contribution is 2.29. The first kappa shape index (κ1) is 27.6. The highest BCUT2D eigenvalue weighted by atomic mass is 35.5. The molecule has 3 aromatic carbocycles. The first-order valence-electron chi connectivity index (χ1n) is 11.8. The zero-order valence-electron chi connectivity index (χ0n) is 20.6. The van der Waals surface area contributed by atoms with Crippen LogP contribution in [0.5, 0.6) is 0 Å². The lowest BCUT2D eigenvalue weighted by Gasteiger charge is -2.15. The number of benzene rings is 3. The molecule has 1 aliphatic heterocycles. The third kappa shape index (κ3) is 7.78. The number of rotatable bonds is 2. The molecule has 1 amide bonds. The van der Waals surface area contributed by atoms with Crippen LogP contribution in [0, 0.1) is 6.92 Å². The topological polar surface area (TPSA) is 96.0 Å². The maximum absolute atomic E-state index is 12.9. The van der Waals surface area contributed by atoms with E-state index < -0.39 is 12.5 Å². The standard InChI is InChI=1S/C26H22ClN5O.C2HF3O/c1-16-4-2-6-19(12-16)25(33)31-23-11-10-21-14-18(23)9-8-17-5-3-7-20(13-17)30-26-28-15-22(27)24(29-21)32-26;3-2(4,5)1-6/h2-7,10-15H,8-9H2,1H3,(H,31,33)(H2,28,29,30,32);1H. The van der Waals surface area contributed by atoms with Crippen molar-refractivity contribution in [2.24, 2.45) is 0 Å². The van der Waals surface area contributed by atoms with Gasteiger partial charge < -0.3 is 16.0 Å². The summed E-state index contributed by atoms with van der Waals surface area (Å²) in [5, 5.41) is 10.0. The van der Waals surface area contributed by atoms with E-state index in [0.717, 1.165) is 41.0 Å². The molecule has 1 aliphatic rings. The zero-order valence-corrected chi connectivity index (χ0v) is 21.4. The fraction of sp³-hybridized carbons (Fsp3) is 0.143. The van der Waals surface area contributed by atoms with Gasteiger partial charge in [-0.2, -0.15) is 18.2 Å². The van der Waals surface area contributed by atoms with Gasteiger partial charge in [0.2, 0.25) is 12.2 Å². The zero-order chi connectivity index (χ0) is 28.0. The number of hydrogen-bond acceptors (Lipinski definition) is 6. The van der Waals surface area contributed by atoms with E-state index in [9.17, 15) is 18.0 Å². The van der Waals surface area contributed by atoms with Crippen molar-refractivity contribution in [3.05, 3.63) is 100 Å². The third-order valence-electron chi connectivity index (χ3n) is 5.64. The normalized spacial score (nSPS) is 12.1. The van der Waals surface area contributed by atoms with Gasteiger partial charge in [0.1, 0.15) is 5.02 Å². The van der Waals surface area contributed by atoms with Crippen LogP contribution in [0.4, 0.5) is 42.0 Å². The molecule has 4 aromatic rings. The first-order valence-corrected chi connectivity index (χ1v) is 12.2. The van der Waals surface area contributed by atoms with Gasteiger partial charge in [-0.25, -0.2) is 4.98 Å². The van der Waals surface area contributed by atoms with Crippen molar-refractivity contribution in [2.75, 3.05) is 16.0 Å².